The molecule has 0 aromatic heterocycles. The molecule has 0 saturated carbocycles. The summed E-state index contributed by atoms with van der Waals surface area (Å²) in [4.78, 5) is 25.2. The number of esters is 2. The van der Waals surface area contributed by atoms with Crippen LogP contribution in [0.2, 0.25) is 0 Å². The fourth-order valence-electron chi connectivity index (χ4n) is 5.95. The molecule has 0 aromatic rings. The maximum absolute atomic E-state index is 12.7. The van der Waals surface area contributed by atoms with Crippen LogP contribution in [0.25, 0.3) is 0 Å². The maximum atomic E-state index is 12.7. The van der Waals surface area contributed by atoms with Gasteiger partial charge in [0.2, 0.25) is 0 Å². The van der Waals surface area contributed by atoms with E-state index in [0.29, 0.717) is 12.8 Å². The van der Waals surface area contributed by atoms with E-state index >= 15 is 0 Å². The molecule has 0 amide bonds. The minimum absolute atomic E-state index is 0.147. The zero-order chi connectivity index (χ0) is 38.5. The molecule has 1 rings (SSSR count). The number of ether oxygens (including phenoxy) is 4. The second-order valence-electron chi connectivity index (χ2n) is 14.1. The molecule has 4 N–H and O–H groups in total. The van der Waals surface area contributed by atoms with Gasteiger partial charge in [-0.2, -0.15) is 8.42 Å². The van der Waals surface area contributed by atoms with Crippen LogP contribution in [0, 0.1) is 0 Å². The Labute approximate surface area is 313 Å². The molecule has 1 heterocycles. The van der Waals surface area contributed by atoms with Crippen molar-refractivity contribution >= 4 is 22.1 Å². The molecule has 1 aliphatic heterocycles. The molecule has 1 aliphatic rings. The summed E-state index contributed by atoms with van der Waals surface area (Å²) in [6.07, 6.45) is 17.7. The van der Waals surface area contributed by atoms with Crippen molar-refractivity contribution in [2.24, 2.45) is 0 Å². The van der Waals surface area contributed by atoms with E-state index in [9.17, 15) is 37.9 Å². The van der Waals surface area contributed by atoms with Crippen LogP contribution in [0.5, 0.6) is 0 Å². The van der Waals surface area contributed by atoms with Gasteiger partial charge >= 0.3 is 11.9 Å². The van der Waals surface area contributed by atoms with Crippen molar-refractivity contribution in [3.8, 4) is 0 Å². The highest BCUT2D eigenvalue weighted by molar-refractivity contribution is 7.85. The standard InChI is InChI=1S/C39H70O12S/c1-3-5-7-9-11-13-14-15-16-17-18-20-22-24-26-28-35(41)50-32(29-48-34(40)27-25-23-21-19-12-10-8-6-4-2)30-49-39-38(44)37(43)36(42)33(51-39)31-52(45,46)47/h14,16,32-33,36-39,42-44H,3-13,17-31H2,1-2H3,(H,45,46,47)/t15?,32-,33-,36-,37?,38?,39+/m1/s1. The topological polar surface area (TPSA) is 186 Å². The smallest absolute Gasteiger partial charge is 0.306 e. The van der Waals surface area contributed by atoms with Crippen molar-refractivity contribution in [3.63, 3.8) is 0 Å². The number of unbranched alkanes of at least 4 members (excludes halogenated alkanes) is 18. The zero-order valence-electron chi connectivity index (χ0n) is 32.0. The average Bonchev–Trinajstić information content (AvgIpc) is 3.10. The number of hydrogen-bond donors (Lipinski definition) is 4. The number of carbonyl (C=O) groups excluding carboxylic acids is 2. The third-order valence-electron chi connectivity index (χ3n) is 9.12. The molecule has 1 fully saturated rings. The lowest BCUT2D eigenvalue weighted by atomic mass is 10.00. The summed E-state index contributed by atoms with van der Waals surface area (Å²) in [6.45, 7) is 3.68. The predicted octanol–water partition coefficient (Wildman–Crippen LogP) is 6.88. The van der Waals surface area contributed by atoms with E-state index in [1.54, 1.807) is 0 Å². The van der Waals surface area contributed by atoms with Crippen molar-refractivity contribution in [2.45, 2.75) is 198 Å². The number of allylic oxidation sites excluding steroid dienone is 1. The highest BCUT2D eigenvalue weighted by Gasteiger charge is 2.46. The van der Waals surface area contributed by atoms with Crippen LogP contribution in [0.15, 0.2) is 17.9 Å². The molecule has 304 valence electrons. The lowest BCUT2D eigenvalue weighted by molar-refractivity contribution is -0.297. The Kier molecular flexibility index (Phi) is 28.3. The molecule has 6 atom stereocenters. The van der Waals surface area contributed by atoms with Crippen LogP contribution < -0.4 is 0 Å². The van der Waals surface area contributed by atoms with Crippen molar-refractivity contribution in [2.75, 3.05) is 19.0 Å². The zero-order valence-corrected chi connectivity index (χ0v) is 32.8. The Bertz CT molecular complexity index is 1090. The van der Waals surface area contributed by atoms with Crippen LogP contribution in [0.1, 0.15) is 162 Å². The first-order chi connectivity index (χ1) is 25.0. The first-order valence-electron chi connectivity index (χ1n) is 20.0. The van der Waals surface area contributed by atoms with E-state index in [-0.39, 0.29) is 19.4 Å². The molecule has 0 aliphatic carbocycles. The monoisotopic (exact) mass is 762 g/mol. The van der Waals surface area contributed by atoms with E-state index in [1.807, 2.05) is 0 Å². The first kappa shape index (κ1) is 48.2. The van der Waals surface area contributed by atoms with Gasteiger partial charge in [0.25, 0.3) is 10.1 Å². The summed E-state index contributed by atoms with van der Waals surface area (Å²) in [5.74, 6) is -2.01. The molecule has 12 nitrogen and oxygen atoms in total. The molecular weight excluding hydrogens is 692 g/mol. The van der Waals surface area contributed by atoms with E-state index in [1.165, 1.54) is 64.2 Å². The van der Waals surface area contributed by atoms with E-state index in [4.69, 9.17) is 18.9 Å². The number of rotatable bonds is 32. The lowest BCUT2D eigenvalue weighted by Crippen LogP contribution is -2.60. The van der Waals surface area contributed by atoms with Gasteiger partial charge in [0.1, 0.15) is 36.8 Å². The number of aliphatic hydroxyl groups excluding tert-OH is 3. The molecule has 0 spiro atoms. The largest absolute Gasteiger partial charge is 0.462 e. The van der Waals surface area contributed by atoms with Gasteiger partial charge in [0.05, 0.1) is 6.61 Å². The Morgan fingerprint density at radius 3 is 1.67 bits per heavy atom. The molecule has 1 saturated heterocycles. The van der Waals surface area contributed by atoms with Crippen LogP contribution in [-0.4, -0.2) is 96.0 Å². The average molecular weight is 763 g/mol. The van der Waals surface area contributed by atoms with Crippen molar-refractivity contribution < 1.29 is 56.8 Å². The number of hydrogen-bond acceptors (Lipinski definition) is 11. The third-order valence-corrected chi connectivity index (χ3v) is 9.87. The van der Waals surface area contributed by atoms with Crippen LogP contribution >= 0.6 is 0 Å². The van der Waals surface area contributed by atoms with Gasteiger partial charge in [-0.3, -0.25) is 14.1 Å². The Morgan fingerprint density at radius 2 is 1.15 bits per heavy atom. The minimum atomic E-state index is -4.60. The quantitative estimate of drug-likeness (QED) is 0.0241. The summed E-state index contributed by atoms with van der Waals surface area (Å²) in [6, 6.07) is 0. The Hall–Kier alpha value is -1.83. The van der Waals surface area contributed by atoms with Crippen molar-refractivity contribution in [3.05, 3.63) is 17.9 Å². The molecule has 0 bridgehead atoms. The van der Waals surface area contributed by atoms with Gasteiger partial charge in [0.15, 0.2) is 12.4 Å². The number of aliphatic hydroxyl groups is 3. The fourth-order valence-corrected chi connectivity index (χ4v) is 6.64. The molecule has 0 radical (unpaired) electrons. The van der Waals surface area contributed by atoms with Crippen LogP contribution in [0.4, 0.5) is 0 Å². The second-order valence-corrected chi connectivity index (χ2v) is 15.6. The normalized spacial score (nSPS) is 20.9. The molecule has 0 aromatic carbocycles. The summed E-state index contributed by atoms with van der Waals surface area (Å²) in [7, 11) is -4.60. The van der Waals surface area contributed by atoms with Gasteiger partial charge < -0.3 is 34.3 Å². The highest BCUT2D eigenvalue weighted by Crippen LogP contribution is 2.24. The molecule has 13 heteroatoms. The van der Waals surface area contributed by atoms with Crippen LogP contribution in [0.3, 0.4) is 0 Å². The highest BCUT2D eigenvalue weighted by atomic mass is 32.2. The number of carbonyl (C=O) groups is 2. The van der Waals surface area contributed by atoms with E-state index in [0.717, 1.165) is 57.8 Å². The molecule has 52 heavy (non-hydrogen) atoms. The van der Waals surface area contributed by atoms with E-state index in [2.05, 4.69) is 31.7 Å². The van der Waals surface area contributed by atoms with Crippen molar-refractivity contribution in [1.82, 2.24) is 0 Å². The van der Waals surface area contributed by atoms with Gasteiger partial charge in [-0.25, -0.2) is 0 Å². The predicted molar refractivity (Wildman–Crippen MR) is 200 cm³/mol. The van der Waals surface area contributed by atoms with Crippen LogP contribution in [-0.2, 0) is 38.7 Å². The maximum Gasteiger partial charge on any atom is 0.306 e. The summed E-state index contributed by atoms with van der Waals surface area (Å²) < 4.78 is 53.8. The summed E-state index contributed by atoms with van der Waals surface area (Å²) in [5.41, 5.74) is 3.27. The van der Waals surface area contributed by atoms with Gasteiger partial charge in [-0.1, -0.05) is 110 Å². The molecule has 2 unspecified atom stereocenters. The van der Waals surface area contributed by atoms with Gasteiger partial charge in [0, 0.05) is 12.8 Å². The molecular formula is C39H70O12S. The lowest BCUT2D eigenvalue weighted by Gasteiger charge is -2.40. The second kappa shape index (κ2) is 30.5. The van der Waals surface area contributed by atoms with Gasteiger partial charge in [-0.15, -0.1) is 5.73 Å². The van der Waals surface area contributed by atoms with Crippen molar-refractivity contribution in [1.29, 1.82) is 0 Å². The summed E-state index contributed by atoms with van der Waals surface area (Å²) >= 11 is 0. The minimum Gasteiger partial charge on any atom is -0.462 e. The van der Waals surface area contributed by atoms with E-state index < -0.39 is 71.2 Å². The SMILES string of the molecule is CCCCCCCC=C=CCCCCCCCC(=O)O[C@H](COC(=O)CCCCCCCCCCC)CO[C@H]1O[C@H](CS(=O)(=O)O)[C@@H](O)C(O)C1O. The Balaban J connectivity index is 2.52. The van der Waals surface area contributed by atoms with Gasteiger partial charge in [-0.05, 0) is 50.7 Å². The first-order valence-corrected chi connectivity index (χ1v) is 21.6. The third kappa shape index (κ3) is 25.2. The fraction of sp³-hybridized carbons (Fsp3) is 0.872. The summed E-state index contributed by atoms with van der Waals surface area (Å²) in [5, 5.41) is 30.7. The Morgan fingerprint density at radius 1 is 0.673 bits per heavy atom.